The highest BCUT2D eigenvalue weighted by Crippen LogP contribution is 2.36. The molecule has 1 aliphatic rings. The third-order valence-electron chi connectivity index (χ3n) is 4.52. The average molecular weight is 404 g/mol. The van der Waals surface area contributed by atoms with Gasteiger partial charge in [-0.2, -0.15) is 0 Å². The minimum Gasteiger partial charge on any atom is -0.535 e. The van der Waals surface area contributed by atoms with Gasteiger partial charge in [0.05, 0.1) is 0 Å². The van der Waals surface area contributed by atoms with Crippen molar-refractivity contribution in [2.24, 2.45) is 0 Å². The van der Waals surface area contributed by atoms with Gasteiger partial charge in [-0.3, -0.25) is 9.59 Å². The van der Waals surface area contributed by atoms with E-state index in [2.05, 4.69) is 0 Å². The lowest BCUT2D eigenvalue weighted by Crippen LogP contribution is -2.36. The molecule has 156 valence electrons. The minimum atomic E-state index is -1.25. The normalized spacial score (nSPS) is 16.3. The molecule has 0 bridgehead atoms. The Bertz CT molecular complexity index is 791. The van der Waals surface area contributed by atoms with Crippen LogP contribution < -0.4 is 4.65 Å². The number of carbonyl (C=O) groups is 4. The Morgan fingerprint density at radius 3 is 2.59 bits per heavy atom. The number of para-hydroxylation sites is 1. The largest absolute Gasteiger partial charge is 0.535 e. The van der Waals surface area contributed by atoms with Gasteiger partial charge in [0, 0.05) is 38.9 Å². The molecule has 1 aliphatic heterocycles. The highest BCUT2D eigenvalue weighted by molar-refractivity contribution is 6.47. The van der Waals surface area contributed by atoms with Gasteiger partial charge in [0.2, 0.25) is 6.29 Å². The molecular weight excluding hydrogens is 379 g/mol. The molecule has 0 radical (unpaired) electrons. The zero-order chi connectivity index (χ0) is 21.6. The van der Waals surface area contributed by atoms with Crippen LogP contribution in [0, 0.1) is 0 Å². The number of ketones is 2. The topological polar surface area (TPSA) is 116 Å². The highest BCUT2D eigenvalue weighted by Gasteiger charge is 2.38. The Hall–Kier alpha value is -2.68. The number of Topliss-reactive ketones (excluding diaryl/α,β-unsaturated/α-hetero) is 2. The summed E-state index contributed by atoms with van der Waals surface area (Å²) in [4.78, 5) is 46.5. The molecule has 0 saturated heterocycles. The molecule has 2 atom stereocenters. The number of fused-ring (bicyclic) bond motifs is 1. The van der Waals surface area contributed by atoms with Crippen molar-refractivity contribution in [3.05, 3.63) is 29.3 Å². The smallest absolute Gasteiger partial charge is 0.526 e. The number of ether oxygens (including phenoxy) is 2. The van der Waals surface area contributed by atoms with Gasteiger partial charge in [-0.05, 0) is 31.4 Å². The SMILES string of the molecule is CC(=O)CCCC(=O)C[C@H]1Cc2cccc(C(=O)OC(C)OC(C)=O)c2OB1O. The summed E-state index contributed by atoms with van der Waals surface area (Å²) in [5.41, 5.74) is 0.776. The Morgan fingerprint density at radius 2 is 1.93 bits per heavy atom. The fourth-order valence-corrected chi connectivity index (χ4v) is 3.22. The van der Waals surface area contributed by atoms with Gasteiger partial charge in [-0.15, -0.1) is 0 Å². The maximum absolute atomic E-state index is 12.4. The van der Waals surface area contributed by atoms with Crippen molar-refractivity contribution < 1.29 is 38.3 Å². The summed E-state index contributed by atoms with van der Waals surface area (Å²) in [5, 5.41) is 10.3. The van der Waals surface area contributed by atoms with Crippen LogP contribution in [0.25, 0.3) is 0 Å². The predicted molar refractivity (Wildman–Crippen MR) is 103 cm³/mol. The summed E-state index contributed by atoms with van der Waals surface area (Å²) >= 11 is 0. The first-order valence-electron chi connectivity index (χ1n) is 9.53. The quantitative estimate of drug-likeness (QED) is 0.379. The van der Waals surface area contributed by atoms with Gasteiger partial charge in [-0.25, -0.2) is 4.79 Å². The van der Waals surface area contributed by atoms with Crippen molar-refractivity contribution in [3.63, 3.8) is 0 Å². The van der Waals surface area contributed by atoms with Gasteiger partial charge in [0.1, 0.15) is 22.9 Å². The lowest BCUT2D eigenvalue weighted by Gasteiger charge is -2.28. The standard InChI is InChI=1S/C20H25BO8/c1-12(22)6-4-8-17(24)11-16-10-15-7-5-9-18(19(15)29-21(16)26)20(25)28-14(3)27-13(2)23/h5,7,9,14,16,26H,4,6,8,10-11H2,1-3H3/t14?,16-/m1/s1. The fourth-order valence-electron chi connectivity index (χ4n) is 3.22. The molecule has 1 heterocycles. The molecule has 0 spiro atoms. The molecule has 0 aromatic heterocycles. The van der Waals surface area contributed by atoms with Crippen molar-refractivity contribution in [2.45, 2.75) is 65.0 Å². The summed E-state index contributed by atoms with van der Waals surface area (Å²) in [6, 6.07) is 4.89. The molecular formula is C20H25BO8. The van der Waals surface area contributed by atoms with Gasteiger partial charge in [0.15, 0.2) is 0 Å². The van der Waals surface area contributed by atoms with Crippen LogP contribution in [0.4, 0.5) is 0 Å². The van der Waals surface area contributed by atoms with Crippen molar-refractivity contribution in [1.82, 2.24) is 0 Å². The molecule has 0 fully saturated rings. The van der Waals surface area contributed by atoms with Crippen molar-refractivity contribution >= 4 is 30.6 Å². The summed E-state index contributed by atoms with van der Waals surface area (Å²) < 4.78 is 15.4. The zero-order valence-corrected chi connectivity index (χ0v) is 16.8. The number of hydrogen-bond donors (Lipinski definition) is 1. The molecule has 0 aliphatic carbocycles. The summed E-state index contributed by atoms with van der Waals surface area (Å²) in [6.45, 7) is 4.10. The van der Waals surface area contributed by atoms with E-state index in [1.165, 1.54) is 26.8 Å². The first kappa shape index (κ1) is 22.6. The van der Waals surface area contributed by atoms with E-state index >= 15 is 0 Å². The number of carbonyl (C=O) groups excluding carboxylic acids is 4. The van der Waals surface area contributed by atoms with E-state index in [1.54, 1.807) is 12.1 Å². The Morgan fingerprint density at radius 1 is 1.21 bits per heavy atom. The van der Waals surface area contributed by atoms with Gasteiger partial charge < -0.3 is 23.9 Å². The van der Waals surface area contributed by atoms with E-state index in [9.17, 15) is 24.2 Å². The third kappa shape index (κ3) is 6.71. The van der Waals surface area contributed by atoms with E-state index in [1.807, 2.05) is 0 Å². The van der Waals surface area contributed by atoms with Crippen molar-refractivity contribution in [1.29, 1.82) is 0 Å². The first-order valence-corrected chi connectivity index (χ1v) is 9.53. The van der Waals surface area contributed by atoms with Gasteiger partial charge in [-0.1, -0.05) is 12.1 Å². The predicted octanol–water partition coefficient (Wildman–Crippen LogP) is 2.26. The molecule has 1 aromatic carbocycles. The van der Waals surface area contributed by atoms with E-state index in [-0.39, 0.29) is 35.7 Å². The molecule has 29 heavy (non-hydrogen) atoms. The van der Waals surface area contributed by atoms with Crippen molar-refractivity contribution in [3.8, 4) is 5.75 Å². The monoisotopic (exact) mass is 404 g/mol. The maximum atomic E-state index is 12.4. The van der Waals surface area contributed by atoms with Crippen molar-refractivity contribution in [2.75, 3.05) is 0 Å². The summed E-state index contributed by atoms with van der Waals surface area (Å²) in [6.07, 6.45) is 0.535. The van der Waals surface area contributed by atoms with E-state index in [0.29, 0.717) is 24.8 Å². The molecule has 2 rings (SSSR count). The molecule has 0 amide bonds. The van der Waals surface area contributed by atoms with Crippen LogP contribution >= 0.6 is 0 Å². The zero-order valence-electron chi connectivity index (χ0n) is 16.8. The lowest BCUT2D eigenvalue weighted by atomic mass is 9.64. The molecule has 1 aromatic rings. The molecule has 8 nitrogen and oxygen atoms in total. The van der Waals surface area contributed by atoms with Crippen LogP contribution in [0.15, 0.2) is 18.2 Å². The Balaban J connectivity index is 2.04. The second-order valence-electron chi connectivity index (χ2n) is 7.15. The number of esters is 2. The van der Waals surface area contributed by atoms with Crippen LogP contribution in [0.3, 0.4) is 0 Å². The molecule has 9 heteroatoms. The summed E-state index contributed by atoms with van der Waals surface area (Å²) in [5.74, 6) is -1.59. The van der Waals surface area contributed by atoms with E-state index in [4.69, 9.17) is 14.1 Å². The maximum Gasteiger partial charge on any atom is 0.526 e. The molecule has 0 saturated carbocycles. The second-order valence-corrected chi connectivity index (χ2v) is 7.15. The Kier molecular flexibility index (Phi) is 7.95. The minimum absolute atomic E-state index is 0.0372. The van der Waals surface area contributed by atoms with Crippen LogP contribution in [-0.2, 0) is 30.3 Å². The van der Waals surface area contributed by atoms with Crippen LogP contribution in [-0.4, -0.2) is 41.9 Å². The van der Waals surface area contributed by atoms with E-state index < -0.39 is 31.2 Å². The van der Waals surface area contributed by atoms with Crippen LogP contribution in [0.1, 0.15) is 62.4 Å². The average Bonchev–Trinajstić information content (AvgIpc) is 2.60. The highest BCUT2D eigenvalue weighted by atomic mass is 16.7. The number of benzene rings is 1. The van der Waals surface area contributed by atoms with Crippen LogP contribution in [0.5, 0.6) is 5.75 Å². The first-order chi connectivity index (χ1) is 13.7. The summed E-state index contributed by atoms with van der Waals surface area (Å²) in [7, 11) is -1.25. The third-order valence-corrected chi connectivity index (χ3v) is 4.52. The van der Waals surface area contributed by atoms with E-state index in [0.717, 1.165) is 0 Å². The fraction of sp³-hybridized carbons (Fsp3) is 0.500. The van der Waals surface area contributed by atoms with Gasteiger partial charge in [0.25, 0.3) is 0 Å². The Labute approximate surface area is 169 Å². The molecule has 1 unspecified atom stereocenters. The van der Waals surface area contributed by atoms with Crippen LogP contribution in [0.2, 0.25) is 5.82 Å². The van der Waals surface area contributed by atoms with Gasteiger partial charge >= 0.3 is 19.1 Å². The second kappa shape index (κ2) is 10.2. The molecule has 1 N–H and O–H groups in total. The number of hydrogen-bond acceptors (Lipinski definition) is 8. The number of rotatable bonds is 9. The lowest BCUT2D eigenvalue weighted by molar-refractivity contribution is -0.162.